The van der Waals surface area contributed by atoms with E-state index in [0.29, 0.717) is 54.7 Å². The van der Waals surface area contributed by atoms with Gasteiger partial charge in [-0.1, -0.05) is 25.4 Å². The summed E-state index contributed by atoms with van der Waals surface area (Å²) < 4.78 is 11.4. The van der Waals surface area contributed by atoms with Gasteiger partial charge in [-0.05, 0) is 23.6 Å². The zero-order valence-electron chi connectivity index (χ0n) is 16.3. The molecule has 0 saturated heterocycles. The molecule has 0 radical (unpaired) electrons. The van der Waals surface area contributed by atoms with Crippen molar-refractivity contribution in [1.29, 1.82) is 0 Å². The van der Waals surface area contributed by atoms with Crippen LogP contribution in [0.4, 0.5) is 0 Å². The molecule has 3 rings (SSSR count). The van der Waals surface area contributed by atoms with E-state index in [1.54, 1.807) is 18.4 Å². The number of fused-ring (bicyclic) bond motifs is 1. The second-order valence-corrected chi connectivity index (χ2v) is 7.91. The van der Waals surface area contributed by atoms with Crippen LogP contribution >= 0.6 is 46.9 Å². The van der Waals surface area contributed by atoms with E-state index >= 15 is 0 Å². The minimum Gasteiger partial charge on any atom is -0.489 e. The maximum absolute atomic E-state index is 6.35. The number of nitrogens with one attached hydrogen (secondary N) is 2. The van der Waals surface area contributed by atoms with Crippen LogP contribution in [0.25, 0.3) is 0 Å². The Balaban J connectivity index is 0.00000280. The molecule has 6 nitrogen and oxygen atoms in total. The molecule has 154 valence electrons. The van der Waals surface area contributed by atoms with Crippen molar-refractivity contribution >= 4 is 52.9 Å². The van der Waals surface area contributed by atoms with Crippen LogP contribution in [-0.2, 0) is 13.1 Å². The van der Waals surface area contributed by atoms with E-state index in [2.05, 4.69) is 39.8 Å². The number of ether oxygens (including phenoxy) is 2. The summed E-state index contributed by atoms with van der Waals surface area (Å²) in [6.45, 7) is 6.76. The Morgan fingerprint density at radius 2 is 2.00 bits per heavy atom. The molecule has 2 aromatic rings. The fourth-order valence-corrected chi connectivity index (χ4v) is 3.81. The van der Waals surface area contributed by atoms with E-state index in [4.69, 9.17) is 21.1 Å². The van der Waals surface area contributed by atoms with E-state index in [9.17, 15) is 0 Å². The highest BCUT2D eigenvalue weighted by Gasteiger charge is 2.15. The minimum atomic E-state index is 0. The van der Waals surface area contributed by atoms with Crippen LogP contribution in [0.5, 0.6) is 11.5 Å². The first-order valence-corrected chi connectivity index (χ1v) is 10.3. The van der Waals surface area contributed by atoms with Gasteiger partial charge in [0.2, 0.25) is 0 Å². The fourth-order valence-electron chi connectivity index (χ4n) is 2.62. The average Bonchev–Trinajstić information content (AvgIpc) is 3.00. The molecule has 0 amide bonds. The summed E-state index contributed by atoms with van der Waals surface area (Å²) in [7, 11) is 1.75. The van der Waals surface area contributed by atoms with E-state index in [-0.39, 0.29) is 24.0 Å². The van der Waals surface area contributed by atoms with Gasteiger partial charge in [0, 0.05) is 25.4 Å². The summed E-state index contributed by atoms with van der Waals surface area (Å²) in [6.07, 6.45) is 0.852. The minimum absolute atomic E-state index is 0. The molecule has 1 aromatic heterocycles. The molecule has 0 spiro atoms. The Hall–Kier alpha value is -1.26. The summed E-state index contributed by atoms with van der Waals surface area (Å²) in [6, 6.07) is 3.85. The maximum Gasteiger partial charge on any atom is 0.191 e. The van der Waals surface area contributed by atoms with Crippen LogP contribution in [-0.4, -0.2) is 31.2 Å². The largest absolute Gasteiger partial charge is 0.489 e. The van der Waals surface area contributed by atoms with E-state index < -0.39 is 0 Å². The molecule has 1 aromatic carbocycles. The number of aliphatic imine (C=N–C) groups is 1. The van der Waals surface area contributed by atoms with Gasteiger partial charge < -0.3 is 20.1 Å². The van der Waals surface area contributed by atoms with Gasteiger partial charge in [-0.3, -0.25) is 4.99 Å². The van der Waals surface area contributed by atoms with E-state index in [1.807, 2.05) is 12.1 Å². The van der Waals surface area contributed by atoms with Crippen LogP contribution < -0.4 is 20.1 Å². The van der Waals surface area contributed by atoms with Gasteiger partial charge >= 0.3 is 0 Å². The lowest BCUT2D eigenvalue weighted by Gasteiger charge is -2.14. The number of rotatable bonds is 5. The Bertz CT molecular complexity index is 813. The number of thiazole rings is 1. The normalized spacial score (nSPS) is 13.7. The van der Waals surface area contributed by atoms with Gasteiger partial charge in [0.1, 0.15) is 5.01 Å². The lowest BCUT2D eigenvalue weighted by Crippen LogP contribution is -2.36. The molecule has 0 atom stereocenters. The first kappa shape index (κ1) is 23.0. The second-order valence-electron chi connectivity index (χ2n) is 6.56. The number of nitrogens with zero attached hydrogens (tertiary/aromatic N) is 2. The summed E-state index contributed by atoms with van der Waals surface area (Å²) in [5.41, 5.74) is 2.13. The molecular weight excluding hydrogens is 511 g/mol. The van der Waals surface area contributed by atoms with E-state index in [1.165, 1.54) is 0 Å². The van der Waals surface area contributed by atoms with Crippen LogP contribution in [0.15, 0.2) is 22.5 Å². The predicted octanol–water partition coefficient (Wildman–Crippen LogP) is 4.56. The lowest BCUT2D eigenvalue weighted by molar-refractivity contribution is 0.297. The second kappa shape index (κ2) is 11.1. The van der Waals surface area contributed by atoms with E-state index in [0.717, 1.165) is 22.7 Å². The fraction of sp³-hybridized carbons (Fsp3) is 0.474. The summed E-state index contributed by atoms with van der Waals surface area (Å²) in [5.74, 6) is 2.48. The summed E-state index contributed by atoms with van der Waals surface area (Å²) in [4.78, 5) is 8.90. The molecule has 1 aliphatic rings. The van der Waals surface area contributed by atoms with Crippen molar-refractivity contribution in [1.82, 2.24) is 15.6 Å². The number of halogens is 2. The van der Waals surface area contributed by atoms with Crippen molar-refractivity contribution in [3.63, 3.8) is 0 Å². The van der Waals surface area contributed by atoms with Gasteiger partial charge in [0.15, 0.2) is 17.5 Å². The number of aromatic nitrogens is 1. The third-order valence-electron chi connectivity index (χ3n) is 4.11. The third-order valence-corrected chi connectivity index (χ3v) is 5.26. The zero-order chi connectivity index (χ0) is 19.2. The monoisotopic (exact) mass is 536 g/mol. The quantitative estimate of drug-likeness (QED) is 0.333. The maximum atomic E-state index is 6.35. The molecule has 0 aliphatic carbocycles. The molecule has 0 unspecified atom stereocenters. The zero-order valence-corrected chi connectivity index (χ0v) is 20.2. The Morgan fingerprint density at radius 1 is 1.25 bits per heavy atom. The van der Waals surface area contributed by atoms with Crippen molar-refractivity contribution in [2.75, 3.05) is 20.3 Å². The van der Waals surface area contributed by atoms with Gasteiger partial charge in [0.05, 0.1) is 30.5 Å². The topological polar surface area (TPSA) is 67.8 Å². The number of benzene rings is 1. The van der Waals surface area contributed by atoms with Crippen molar-refractivity contribution in [3.8, 4) is 11.5 Å². The Kier molecular flexibility index (Phi) is 9.10. The Morgan fingerprint density at radius 3 is 2.71 bits per heavy atom. The number of guanidine groups is 1. The van der Waals surface area contributed by atoms with Crippen molar-refractivity contribution in [2.24, 2.45) is 4.99 Å². The summed E-state index contributed by atoms with van der Waals surface area (Å²) >= 11 is 8.01. The van der Waals surface area contributed by atoms with Crippen LogP contribution in [0.3, 0.4) is 0 Å². The van der Waals surface area contributed by atoms with Crippen molar-refractivity contribution in [2.45, 2.75) is 39.3 Å². The SMILES string of the molecule is CN=C(NCc1cc(Cl)c2c(c1)OCCCO2)NCc1nc(C(C)C)cs1.I. The van der Waals surface area contributed by atoms with Gasteiger partial charge in [-0.15, -0.1) is 35.3 Å². The molecule has 9 heteroatoms. The third kappa shape index (κ3) is 6.12. The van der Waals surface area contributed by atoms with Crippen LogP contribution in [0.1, 0.15) is 42.5 Å². The highest BCUT2D eigenvalue weighted by molar-refractivity contribution is 14.0. The molecule has 2 N–H and O–H groups in total. The van der Waals surface area contributed by atoms with Crippen molar-refractivity contribution < 1.29 is 9.47 Å². The standard InChI is InChI=1S/C19H25ClN4O2S.HI/c1-12(2)15-11-27-17(24-15)10-23-19(21-3)22-9-13-7-14(20)18-16(8-13)25-5-4-6-26-18;/h7-8,11-12H,4-6,9-10H2,1-3H3,(H2,21,22,23);1H. The molecule has 0 bridgehead atoms. The van der Waals surface area contributed by atoms with Gasteiger partial charge in [-0.25, -0.2) is 4.98 Å². The molecular formula is C19H26ClIN4O2S. The molecule has 1 aliphatic heterocycles. The highest BCUT2D eigenvalue weighted by Crippen LogP contribution is 2.37. The lowest BCUT2D eigenvalue weighted by atomic mass is 10.2. The number of hydrogen-bond donors (Lipinski definition) is 2. The first-order valence-electron chi connectivity index (χ1n) is 9.03. The van der Waals surface area contributed by atoms with Crippen LogP contribution in [0.2, 0.25) is 5.02 Å². The Labute approximate surface area is 192 Å². The smallest absolute Gasteiger partial charge is 0.191 e. The van der Waals surface area contributed by atoms with Gasteiger partial charge in [-0.2, -0.15) is 0 Å². The number of hydrogen-bond acceptors (Lipinski definition) is 5. The predicted molar refractivity (Wildman–Crippen MR) is 126 cm³/mol. The molecule has 0 fully saturated rings. The highest BCUT2D eigenvalue weighted by atomic mass is 127. The summed E-state index contributed by atoms with van der Waals surface area (Å²) in [5, 5.41) is 10.3. The van der Waals surface area contributed by atoms with Gasteiger partial charge in [0.25, 0.3) is 0 Å². The van der Waals surface area contributed by atoms with Crippen molar-refractivity contribution in [3.05, 3.63) is 38.8 Å². The molecule has 0 saturated carbocycles. The van der Waals surface area contributed by atoms with Crippen LogP contribution in [0, 0.1) is 0 Å². The first-order chi connectivity index (χ1) is 13.1. The molecule has 2 heterocycles. The average molecular weight is 537 g/mol. The molecule has 28 heavy (non-hydrogen) atoms.